The zero-order valence-corrected chi connectivity index (χ0v) is 12.6. The number of carbonyl (C=O) groups excluding carboxylic acids is 1. The number of aromatic nitrogens is 1. The van der Waals surface area contributed by atoms with Gasteiger partial charge in [-0.2, -0.15) is 0 Å². The van der Waals surface area contributed by atoms with Crippen LogP contribution in [0.5, 0.6) is 11.6 Å². The number of benzene rings is 1. The number of amides is 1. The Labute approximate surface area is 132 Å². The van der Waals surface area contributed by atoms with Crippen molar-refractivity contribution in [3.63, 3.8) is 0 Å². The maximum Gasteiger partial charge on any atom is 0.331 e. The van der Waals surface area contributed by atoms with Crippen LogP contribution >= 0.6 is 0 Å². The van der Waals surface area contributed by atoms with E-state index in [4.69, 9.17) is 4.74 Å². The Morgan fingerprint density at radius 3 is 2.65 bits per heavy atom. The van der Waals surface area contributed by atoms with Crippen molar-refractivity contribution < 1.29 is 14.5 Å². The highest BCUT2D eigenvalue weighted by atomic mass is 16.6. The van der Waals surface area contributed by atoms with Crippen molar-refractivity contribution in [1.29, 1.82) is 0 Å². The highest BCUT2D eigenvalue weighted by Crippen LogP contribution is 2.30. The molecule has 7 nitrogen and oxygen atoms in total. The average Bonchev–Trinajstić information content (AvgIpc) is 2.51. The molecule has 0 aliphatic rings. The average molecular weight is 313 g/mol. The van der Waals surface area contributed by atoms with Gasteiger partial charge in [-0.3, -0.25) is 14.9 Å². The first-order valence-corrected chi connectivity index (χ1v) is 6.82. The molecule has 0 radical (unpaired) electrons. The van der Waals surface area contributed by atoms with Crippen molar-refractivity contribution in [2.24, 2.45) is 0 Å². The molecule has 1 aromatic carbocycles. The van der Waals surface area contributed by atoms with E-state index in [-0.39, 0.29) is 17.5 Å². The highest BCUT2D eigenvalue weighted by molar-refractivity contribution is 5.99. The molecule has 0 unspecified atom stereocenters. The number of pyridine rings is 1. The number of anilines is 1. The summed E-state index contributed by atoms with van der Waals surface area (Å²) in [4.78, 5) is 25.9. The molecule has 2 aromatic rings. The molecular weight excluding hydrogens is 298 g/mol. The van der Waals surface area contributed by atoms with Crippen LogP contribution in [0.1, 0.15) is 12.5 Å². The van der Waals surface area contributed by atoms with Gasteiger partial charge in [0.2, 0.25) is 5.91 Å². The molecule has 0 fully saturated rings. The zero-order chi connectivity index (χ0) is 16.8. The third kappa shape index (κ3) is 4.37. The molecule has 0 bridgehead atoms. The van der Waals surface area contributed by atoms with Crippen molar-refractivity contribution >= 4 is 17.3 Å². The summed E-state index contributed by atoms with van der Waals surface area (Å²) < 4.78 is 5.45. The van der Waals surface area contributed by atoms with E-state index >= 15 is 0 Å². The van der Waals surface area contributed by atoms with Crippen molar-refractivity contribution in [3.8, 4) is 11.6 Å². The van der Waals surface area contributed by atoms with E-state index in [2.05, 4.69) is 10.3 Å². The van der Waals surface area contributed by atoms with Gasteiger partial charge >= 0.3 is 5.69 Å². The molecular formula is C16H15N3O4. The lowest BCUT2D eigenvalue weighted by Crippen LogP contribution is -2.07. The summed E-state index contributed by atoms with van der Waals surface area (Å²) in [5.74, 6) is 0.0665. The van der Waals surface area contributed by atoms with Gasteiger partial charge in [0.25, 0.3) is 5.88 Å². The van der Waals surface area contributed by atoms with Gasteiger partial charge < -0.3 is 10.1 Å². The van der Waals surface area contributed by atoms with Gasteiger partial charge in [0.05, 0.1) is 4.92 Å². The van der Waals surface area contributed by atoms with E-state index < -0.39 is 4.92 Å². The number of aryl methyl sites for hydroxylation is 1. The van der Waals surface area contributed by atoms with E-state index in [9.17, 15) is 14.9 Å². The Morgan fingerprint density at radius 2 is 2.04 bits per heavy atom. The van der Waals surface area contributed by atoms with Gasteiger partial charge in [-0.1, -0.05) is 6.08 Å². The normalized spacial score (nSPS) is 10.5. The predicted molar refractivity (Wildman–Crippen MR) is 85.6 cm³/mol. The van der Waals surface area contributed by atoms with Gasteiger partial charge in [-0.05, 0) is 49.8 Å². The molecule has 0 saturated carbocycles. The number of carbonyl (C=O) groups is 1. The maximum absolute atomic E-state index is 11.4. The third-order valence-corrected chi connectivity index (χ3v) is 2.82. The predicted octanol–water partition coefficient (Wildman–Crippen LogP) is 3.61. The summed E-state index contributed by atoms with van der Waals surface area (Å²) >= 11 is 0. The van der Waals surface area contributed by atoms with Crippen LogP contribution < -0.4 is 10.1 Å². The van der Waals surface area contributed by atoms with Crippen LogP contribution in [0.3, 0.4) is 0 Å². The second kappa shape index (κ2) is 7.17. The number of hydrogen-bond acceptors (Lipinski definition) is 5. The van der Waals surface area contributed by atoms with Gasteiger partial charge in [0.1, 0.15) is 5.75 Å². The molecule has 2 rings (SSSR count). The number of nitrogens with one attached hydrogen (secondary N) is 1. The van der Waals surface area contributed by atoms with E-state index in [1.54, 1.807) is 44.2 Å². The Morgan fingerprint density at radius 1 is 1.35 bits per heavy atom. The molecule has 23 heavy (non-hydrogen) atoms. The molecule has 0 spiro atoms. The van der Waals surface area contributed by atoms with E-state index in [0.29, 0.717) is 17.0 Å². The standard InChI is InChI=1S/C16H15N3O4/c1-3-4-15(20)18-12-5-7-13(8-6-12)23-16-14(19(21)22)9-11(2)10-17-16/h3-10H,1-2H3,(H,18,20)/b4-3+. The van der Waals surface area contributed by atoms with E-state index in [1.165, 1.54) is 18.3 Å². The van der Waals surface area contributed by atoms with Gasteiger partial charge in [0, 0.05) is 18.0 Å². The Hall–Kier alpha value is -3.22. The van der Waals surface area contributed by atoms with Crippen molar-refractivity contribution in [2.45, 2.75) is 13.8 Å². The molecule has 0 aliphatic heterocycles. The van der Waals surface area contributed by atoms with Crippen molar-refractivity contribution in [1.82, 2.24) is 4.98 Å². The molecule has 1 N–H and O–H groups in total. The second-order valence-electron chi connectivity index (χ2n) is 4.71. The van der Waals surface area contributed by atoms with Crippen LogP contribution in [0.15, 0.2) is 48.7 Å². The number of rotatable bonds is 5. The Kier molecular flexibility index (Phi) is 5.03. The van der Waals surface area contributed by atoms with Gasteiger partial charge in [-0.25, -0.2) is 4.98 Å². The quantitative estimate of drug-likeness (QED) is 0.517. The van der Waals surface area contributed by atoms with Crippen LogP contribution in [0.2, 0.25) is 0 Å². The summed E-state index contributed by atoms with van der Waals surface area (Å²) in [6.45, 7) is 3.46. The SMILES string of the molecule is C/C=C/C(=O)Nc1ccc(Oc2ncc(C)cc2[N+](=O)[O-])cc1. The van der Waals surface area contributed by atoms with Crippen LogP contribution in [0, 0.1) is 17.0 Å². The molecule has 0 atom stereocenters. The smallest absolute Gasteiger partial charge is 0.331 e. The van der Waals surface area contributed by atoms with Crippen LogP contribution in [-0.2, 0) is 4.79 Å². The van der Waals surface area contributed by atoms with Gasteiger partial charge in [0.15, 0.2) is 0 Å². The van der Waals surface area contributed by atoms with Gasteiger partial charge in [-0.15, -0.1) is 0 Å². The molecule has 0 aliphatic carbocycles. The number of hydrogen-bond donors (Lipinski definition) is 1. The first kappa shape index (κ1) is 16.2. The maximum atomic E-state index is 11.4. The monoisotopic (exact) mass is 313 g/mol. The van der Waals surface area contributed by atoms with Crippen LogP contribution in [-0.4, -0.2) is 15.8 Å². The first-order valence-electron chi connectivity index (χ1n) is 6.82. The summed E-state index contributed by atoms with van der Waals surface area (Å²) in [6, 6.07) is 7.86. The van der Waals surface area contributed by atoms with E-state index in [0.717, 1.165) is 0 Å². The fourth-order valence-electron chi connectivity index (χ4n) is 1.80. The largest absolute Gasteiger partial charge is 0.434 e. The fourth-order valence-corrected chi connectivity index (χ4v) is 1.80. The number of nitrogens with zero attached hydrogens (tertiary/aromatic N) is 2. The minimum absolute atomic E-state index is 0.0775. The summed E-state index contributed by atoms with van der Waals surface area (Å²) in [5, 5.41) is 13.7. The molecule has 1 amide bonds. The Bertz CT molecular complexity index is 754. The minimum Gasteiger partial charge on any atom is -0.434 e. The fraction of sp³-hybridized carbons (Fsp3) is 0.125. The van der Waals surface area contributed by atoms with Crippen molar-refractivity contribution in [3.05, 3.63) is 64.4 Å². The third-order valence-electron chi connectivity index (χ3n) is 2.82. The van der Waals surface area contributed by atoms with Crippen molar-refractivity contribution in [2.75, 3.05) is 5.32 Å². The molecule has 1 aromatic heterocycles. The highest BCUT2D eigenvalue weighted by Gasteiger charge is 2.17. The molecule has 0 saturated heterocycles. The summed E-state index contributed by atoms with van der Waals surface area (Å²) in [5.41, 5.74) is 1.06. The topological polar surface area (TPSA) is 94.4 Å². The lowest BCUT2D eigenvalue weighted by atomic mass is 10.3. The van der Waals surface area contributed by atoms with E-state index in [1.807, 2.05) is 0 Å². The summed E-state index contributed by atoms with van der Waals surface area (Å²) in [7, 11) is 0. The lowest BCUT2D eigenvalue weighted by molar-refractivity contribution is -0.386. The second-order valence-corrected chi connectivity index (χ2v) is 4.71. The molecule has 7 heteroatoms. The van der Waals surface area contributed by atoms with Crippen LogP contribution in [0.25, 0.3) is 0 Å². The minimum atomic E-state index is -0.541. The molecule has 118 valence electrons. The molecule has 1 heterocycles. The number of nitro groups is 1. The zero-order valence-electron chi connectivity index (χ0n) is 12.6. The van der Waals surface area contributed by atoms with Crippen LogP contribution in [0.4, 0.5) is 11.4 Å². The first-order chi connectivity index (χ1) is 11.0. The number of ether oxygens (including phenoxy) is 1. The summed E-state index contributed by atoms with van der Waals surface area (Å²) in [6.07, 6.45) is 4.53. The lowest BCUT2D eigenvalue weighted by Gasteiger charge is -2.07. The Balaban J connectivity index is 2.15. The number of allylic oxidation sites excluding steroid dienone is 1.